The molecule has 3 N–H and O–H groups in total. The molecule has 128 valence electrons. The second-order valence-electron chi connectivity index (χ2n) is 5.54. The van der Waals surface area contributed by atoms with Crippen molar-refractivity contribution in [2.45, 2.75) is 13.0 Å². The second-order valence-corrected chi connectivity index (χ2v) is 5.54. The predicted molar refractivity (Wildman–Crippen MR) is 95.1 cm³/mol. The van der Waals surface area contributed by atoms with Crippen LogP contribution in [0.25, 0.3) is 11.3 Å². The largest absolute Gasteiger partial charge is 0.394 e. The Morgan fingerprint density at radius 3 is 2.72 bits per heavy atom. The van der Waals surface area contributed by atoms with Crippen molar-refractivity contribution in [2.75, 3.05) is 17.2 Å². The van der Waals surface area contributed by atoms with Gasteiger partial charge in [-0.1, -0.05) is 12.1 Å². The van der Waals surface area contributed by atoms with E-state index in [9.17, 15) is 9.50 Å². The molecule has 0 aliphatic heterocycles. The van der Waals surface area contributed by atoms with Crippen LogP contribution in [0, 0.1) is 5.82 Å². The van der Waals surface area contributed by atoms with Crippen LogP contribution >= 0.6 is 0 Å². The lowest BCUT2D eigenvalue weighted by Gasteiger charge is -2.14. The van der Waals surface area contributed by atoms with Crippen molar-refractivity contribution in [3.05, 3.63) is 60.7 Å². The van der Waals surface area contributed by atoms with Crippen LogP contribution in [0.2, 0.25) is 0 Å². The smallest absolute Gasteiger partial charge is 0.225 e. The lowest BCUT2D eigenvalue weighted by molar-refractivity contribution is 0.281. The fourth-order valence-corrected chi connectivity index (χ4v) is 2.20. The number of halogens is 1. The summed E-state index contributed by atoms with van der Waals surface area (Å²) in [5.74, 6) is 0.399. The van der Waals surface area contributed by atoms with Crippen LogP contribution in [0.15, 0.2) is 54.9 Å². The zero-order valence-electron chi connectivity index (χ0n) is 13.6. The number of aromatic nitrogens is 3. The van der Waals surface area contributed by atoms with Gasteiger partial charge in [-0.25, -0.2) is 9.37 Å². The van der Waals surface area contributed by atoms with Gasteiger partial charge in [0, 0.05) is 30.1 Å². The molecule has 1 aromatic carbocycles. The van der Waals surface area contributed by atoms with Gasteiger partial charge in [0.05, 0.1) is 18.0 Å². The van der Waals surface area contributed by atoms with E-state index < -0.39 is 0 Å². The molecule has 3 aromatic rings. The molecule has 0 aliphatic rings. The fourth-order valence-electron chi connectivity index (χ4n) is 2.20. The van der Waals surface area contributed by atoms with E-state index in [1.165, 1.54) is 6.07 Å². The molecule has 2 heterocycles. The average Bonchev–Trinajstić information content (AvgIpc) is 2.64. The normalized spacial score (nSPS) is 11.8. The third-order valence-electron chi connectivity index (χ3n) is 3.47. The van der Waals surface area contributed by atoms with Crippen LogP contribution < -0.4 is 10.6 Å². The van der Waals surface area contributed by atoms with Gasteiger partial charge in [-0.3, -0.25) is 4.98 Å². The van der Waals surface area contributed by atoms with Crippen molar-refractivity contribution in [1.29, 1.82) is 0 Å². The summed E-state index contributed by atoms with van der Waals surface area (Å²) in [4.78, 5) is 12.9. The van der Waals surface area contributed by atoms with Gasteiger partial charge in [0.1, 0.15) is 11.6 Å². The molecule has 0 aliphatic carbocycles. The van der Waals surface area contributed by atoms with Crippen LogP contribution in [0.1, 0.15) is 6.92 Å². The van der Waals surface area contributed by atoms with E-state index in [0.29, 0.717) is 23.1 Å². The molecule has 0 radical (unpaired) electrons. The Kier molecular flexibility index (Phi) is 5.15. The summed E-state index contributed by atoms with van der Waals surface area (Å²) in [6.45, 7) is 1.75. The highest BCUT2D eigenvalue weighted by atomic mass is 19.1. The highest BCUT2D eigenvalue weighted by Gasteiger charge is 2.10. The van der Waals surface area contributed by atoms with Crippen molar-refractivity contribution in [2.24, 2.45) is 0 Å². The maximum absolute atomic E-state index is 13.9. The Labute approximate surface area is 144 Å². The summed E-state index contributed by atoms with van der Waals surface area (Å²) in [5, 5.41) is 15.2. The summed E-state index contributed by atoms with van der Waals surface area (Å²) in [7, 11) is 0. The van der Waals surface area contributed by atoms with Crippen LogP contribution in [0.4, 0.5) is 21.8 Å². The Morgan fingerprint density at radius 2 is 2.00 bits per heavy atom. The van der Waals surface area contributed by atoms with E-state index in [0.717, 1.165) is 5.56 Å². The number of nitrogens with one attached hydrogen (secondary N) is 2. The van der Waals surface area contributed by atoms with Gasteiger partial charge in [-0.05, 0) is 31.2 Å². The van der Waals surface area contributed by atoms with Gasteiger partial charge in [0.2, 0.25) is 5.95 Å². The minimum atomic E-state index is -0.373. The van der Waals surface area contributed by atoms with E-state index in [4.69, 9.17) is 0 Å². The van der Waals surface area contributed by atoms with E-state index in [-0.39, 0.29) is 18.5 Å². The van der Waals surface area contributed by atoms with Crippen LogP contribution in [0.3, 0.4) is 0 Å². The summed E-state index contributed by atoms with van der Waals surface area (Å²) in [6, 6.07) is 11.6. The number of anilines is 3. The second kappa shape index (κ2) is 7.67. The van der Waals surface area contributed by atoms with Gasteiger partial charge in [-0.15, -0.1) is 0 Å². The Bertz CT molecular complexity index is 844. The van der Waals surface area contributed by atoms with Gasteiger partial charge in [-0.2, -0.15) is 4.98 Å². The molecule has 0 saturated heterocycles. The molecule has 25 heavy (non-hydrogen) atoms. The average molecular weight is 339 g/mol. The molecule has 0 saturated carbocycles. The first-order chi connectivity index (χ1) is 12.2. The van der Waals surface area contributed by atoms with Crippen LogP contribution in [-0.4, -0.2) is 32.7 Å². The van der Waals surface area contributed by atoms with Crippen molar-refractivity contribution >= 4 is 17.5 Å². The summed E-state index contributed by atoms with van der Waals surface area (Å²) in [6.07, 6.45) is 3.37. The molecule has 0 unspecified atom stereocenters. The number of nitrogens with zero attached hydrogens (tertiary/aromatic N) is 3. The van der Waals surface area contributed by atoms with Crippen LogP contribution in [-0.2, 0) is 0 Å². The molecule has 6 nitrogen and oxygen atoms in total. The molecule has 1 atom stereocenters. The Morgan fingerprint density at radius 1 is 1.16 bits per heavy atom. The monoisotopic (exact) mass is 339 g/mol. The van der Waals surface area contributed by atoms with Crippen LogP contribution in [0.5, 0.6) is 0 Å². The summed E-state index contributed by atoms with van der Waals surface area (Å²) < 4.78 is 13.9. The highest BCUT2D eigenvalue weighted by Crippen LogP contribution is 2.24. The number of hydrogen-bond donors (Lipinski definition) is 3. The third kappa shape index (κ3) is 4.27. The SMILES string of the molecule is C[C@H](CO)Nc1nc(Nc2ccccc2F)cc(-c2cccnc2)n1. The number of pyridine rings is 1. The first-order valence-corrected chi connectivity index (χ1v) is 7.84. The maximum Gasteiger partial charge on any atom is 0.225 e. The number of para-hydroxylation sites is 1. The number of hydrogen-bond acceptors (Lipinski definition) is 6. The number of rotatable bonds is 6. The third-order valence-corrected chi connectivity index (χ3v) is 3.47. The minimum absolute atomic E-state index is 0.0590. The quantitative estimate of drug-likeness (QED) is 0.640. The number of benzene rings is 1. The molecule has 7 heteroatoms. The molecule has 0 spiro atoms. The molecular weight excluding hydrogens is 321 g/mol. The maximum atomic E-state index is 13.9. The number of aliphatic hydroxyl groups is 1. The van der Waals surface area contributed by atoms with Crippen molar-refractivity contribution < 1.29 is 9.50 Å². The molecule has 0 bridgehead atoms. The summed E-state index contributed by atoms with van der Waals surface area (Å²) in [5.41, 5.74) is 1.76. The zero-order valence-corrected chi connectivity index (χ0v) is 13.6. The topological polar surface area (TPSA) is 83.0 Å². The molecule has 0 amide bonds. The fraction of sp³-hybridized carbons (Fsp3) is 0.167. The standard InChI is InChI=1S/C18H18FN5O/c1-12(11-25)21-18-23-16(13-5-4-8-20-10-13)9-17(24-18)22-15-7-3-2-6-14(15)19/h2-10,12,25H,11H2,1H3,(H2,21,22,23,24)/t12-/m1/s1. The lowest BCUT2D eigenvalue weighted by atomic mass is 10.2. The van der Waals surface area contributed by atoms with E-state index in [2.05, 4.69) is 25.6 Å². The van der Waals surface area contributed by atoms with E-state index in [1.54, 1.807) is 36.7 Å². The Balaban J connectivity index is 1.99. The molecule has 3 rings (SSSR count). The van der Waals surface area contributed by atoms with Gasteiger partial charge < -0.3 is 15.7 Å². The minimum Gasteiger partial charge on any atom is -0.394 e. The predicted octanol–water partition coefficient (Wildman–Crippen LogP) is 3.21. The van der Waals surface area contributed by atoms with Gasteiger partial charge in [0.15, 0.2) is 0 Å². The van der Waals surface area contributed by atoms with Gasteiger partial charge >= 0.3 is 0 Å². The van der Waals surface area contributed by atoms with Crippen molar-refractivity contribution in [3.8, 4) is 11.3 Å². The van der Waals surface area contributed by atoms with E-state index >= 15 is 0 Å². The molecule has 2 aromatic heterocycles. The van der Waals surface area contributed by atoms with E-state index in [1.807, 2.05) is 19.1 Å². The molecule has 0 fully saturated rings. The van der Waals surface area contributed by atoms with Gasteiger partial charge in [0.25, 0.3) is 0 Å². The lowest BCUT2D eigenvalue weighted by Crippen LogP contribution is -2.21. The number of aliphatic hydroxyl groups excluding tert-OH is 1. The Hall–Kier alpha value is -3.06. The zero-order chi connectivity index (χ0) is 17.6. The first-order valence-electron chi connectivity index (χ1n) is 7.84. The molecular formula is C18H18FN5O. The first kappa shape index (κ1) is 16.8. The summed E-state index contributed by atoms with van der Waals surface area (Å²) >= 11 is 0. The highest BCUT2D eigenvalue weighted by molar-refractivity contribution is 5.67. The van der Waals surface area contributed by atoms with Crippen molar-refractivity contribution in [1.82, 2.24) is 15.0 Å². The van der Waals surface area contributed by atoms with Crippen molar-refractivity contribution in [3.63, 3.8) is 0 Å².